The van der Waals surface area contributed by atoms with E-state index in [4.69, 9.17) is 9.47 Å². The molecule has 1 aromatic heterocycles. The van der Waals surface area contributed by atoms with Gasteiger partial charge in [-0.2, -0.15) is 5.10 Å². The molecule has 3 aliphatic rings. The minimum absolute atomic E-state index is 0.0795. The van der Waals surface area contributed by atoms with Gasteiger partial charge in [0.15, 0.2) is 0 Å². The Morgan fingerprint density at radius 1 is 1.13 bits per heavy atom. The summed E-state index contributed by atoms with van der Waals surface area (Å²) in [7, 11) is 1.66. The van der Waals surface area contributed by atoms with Crippen molar-refractivity contribution >= 4 is 34.1 Å². The third-order valence-corrected chi connectivity index (χ3v) is 8.56. The number of allylic oxidation sites excluding steroid dienone is 1. The van der Waals surface area contributed by atoms with E-state index in [-0.39, 0.29) is 11.8 Å². The molecule has 1 saturated carbocycles. The summed E-state index contributed by atoms with van der Waals surface area (Å²) in [5, 5.41) is 12.1. The molecule has 0 radical (unpaired) electrons. The van der Waals surface area contributed by atoms with Crippen molar-refractivity contribution in [1.29, 1.82) is 0 Å². The second kappa shape index (κ2) is 9.36. The molecule has 0 bridgehead atoms. The van der Waals surface area contributed by atoms with E-state index in [0.29, 0.717) is 0 Å². The molecule has 4 aromatic rings. The lowest BCUT2D eigenvalue weighted by molar-refractivity contribution is -0.118. The molecule has 2 atom stereocenters. The monoisotopic (exact) mass is 520 g/mol. The van der Waals surface area contributed by atoms with Crippen LogP contribution in [-0.2, 0) is 21.5 Å². The van der Waals surface area contributed by atoms with Crippen LogP contribution in [0.1, 0.15) is 47.2 Å². The summed E-state index contributed by atoms with van der Waals surface area (Å²) in [4.78, 5) is 15.5. The predicted octanol–water partition coefficient (Wildman–Crippen LogP) is 5.34. The Labute approximate surface area is 227 Å². The van der Waals surface area contributed by atoms with Crippen LogP contribution in [0.5, 0.6) is 5.75 Å². The number of benzene rings is 3. The number of aromatic amines is 1. The molecule has 1 spiro atoms. The van der Waals surface area contributed by atoms with Gasteiger partial charge in [0.25, 0.3) is 0 Å². The van der Waals surface area contributed by atoms with Crippen molar-refractivity contribution in [3.05, 3.63) is 88.6 Å². The van der Waals surface area contributed by atoms with Crippen molar-refractivity contribution in [1.82, 2.24) is 15.1 Å². The number of nitrogens with zero attached hydrogens (tertiary/aromatic N) is 2. The van der Waals surface area contributed by atoms with Gasteiger partial charge in [-0.25, -0.2) is 0 Å². The molecule has 39 heavy (non-hydrogen) atoms. The maximum atomic E-state index is 13.1. The molecule has 1 amide bonds. The average molecular weight is 521 g/mol. The molecule has 2 N–H and O–H groups in total. The number of aromatic nitrogens is 2. The Hall–Kier alpha value is -3.94. The van der Waals surface area contributed by atoms with E-state index in [9.17, 15) is 4.79 Å². The number of rotatable bonds is 6. The van der Waals surface area contributed by atoms with E-state index in [1.54, 1.807) is 7.11 Å². The highest BCUT2D eigenvalue weighted by Crippen LogP contribution is 2.65. The summed E-state index contributed by atoms with van der Waals surface area (Å²) in [6.07, 6.45) is 2.98. The molecule has 0 unspecified atom stereocenters. The Morgan fingerprint density at radius 2 is 1.95 bits per heavy atom. The second-order valence-corrected chi connectivity index (χ2v) is 10.9. The van der Waals surface area contributed by atoms with E-state index in [1.165, 1.54) is 5.56 Å². The van der Waals surface area contributed by atoms with E-state index in [2.05, 4.69) is 75.9 Å². The van der Waals surface area contributed by atoms with Gasteiger partial charge in [-0.1, -0.05) is 36.4 Å². The van der Waals surface area contributed by atoms with Gasteiger partial charge in [0.05, 0.1) is 36.9 Å². The maximum Gasteiger partial charge on any atom is 0.235 e. The molecule has 7 nitrogen and oxygen atoms in total. The number of nitrogens with one attached hydrogen (secondary N) is 2. The Bertz CT molecular complexity index is 1600. The second-order valence-electron chi connectivity index (χ2n) is 10.9. The summed E-state index contributed by atoms with van der Waals surface area (Å²) in [5.74, 6) is 0.989. The molecule has 1 aliphatic carbocycles. The number of hydrogen-bond donors (Lipinski definition) is 2. The van der Waals surface area contributed by atoms with Crippen LogP contribution in [-0.4, -0.2) is 54.4 Å². The molecule has 1 saturated heterocycles. The first-order valence-corrected chi connectivity index (χ1v) is 13.6. The van der Waals surface area contributed by atoms with Gasteiger partial charge in [-0.15, -0.1) is 0 Å². The van der Waals surface area contributed by atoms with Crippen LogP contribution in [0.25, 0.3) is 22.6 Å². The fourth-order valence-corrected chi connectivity index (χ4v) is 6.31. The zero-order valence-electron chi connectivity index (χ0n) is 22.3. The number of hydrogen-bond acceptors (Lipinski definition) is 5. The standard InChI is InChI=1S/C32H32N4O3/c1-20(15-21-3-5-22(6-4-21)19-36-11-13-39-14-12-36)30-25-9-7-23(16-29(25)34-35-30)27-18-32(27)26-17-24(38-2)8-10-28(26)33-31(32)37/h3-10,15-17,27H,11-14,18-19H2,1-2H3,(H,33,37)(H,34,35)/t27-,32-/m0/s1. The summed E-state index contributed by atoms with van der Waals surface area (Å²) < 4.78 is 10.9. The van der Waals surface area contributed by atoms with Crippen LogP contribution < -0.4 is 10.1 Å². The van der Waals surface area contributed by atoms with Crippen molar-refractivity contribution < 1.29 is 14.3 Å². The van der Waals surface area contributed by atoms with Gasteiger partial charge in [0.1, 0.15) is 5.75 Å². The van der Waals surface area contributed by atoms with Crippen molar-refractivity contribution in [3.63, 3.8) is 0 Å². The molecule has 3 aromatic carbocycles. The van der Waals surface area contributed by atoms with Gasteiger partial charge in [0.2, 0.25) is 5.91 Å². The van der Waals surface area contributed by atoms with Crippen molar-refractivity contribution in [2.45, 2.75) is 31.2 Å². The Morgan fingerprint density at radius 3 is 2.74 bits per heavy atom. The molecule has 198 valence electrons. The number of carbonyl (C=O) groups excluding carboxylic acids is 1. The van der Waals surface area contributed by atoms with Gasteiger partial charge in [0, 0.05) is 36.6 Å². The number of anilines is 1. The van der Waals surface area contributed by atoms with Crippen LogP contribution in [0.2, 0.25) is 0 Å². The smallest absolute Gasteiger partial charge is 0.235 e. The minimum Gasteiger partial charge on any atom is -0.497 e. The molecular weight excluding hydrogens is 488 g/mol. The highest BCUT2D eigenvalue weighted by molar-refractivity contribution is 6.10. The quantitative estimate of drug-likeness (QED) is 0.359. The largest absolute Gasteiger partial charge is 0.497 e. The molecule has 2 aliphatic heterocycles. The number of carbonyl (C=O) groups is 1. The van der Waals surface area contributed by atoms with Gasteiger partial charge >= 0.3 is 0 Å². The third kappa shape index (κ3) is 4.13. The molecule has 7 rings (SSSR count). The van der Waals surface area contributed by atoms with E-state index >= 15 is 0 Å². The van der Waals surface area contributed by atoms with E-state index < -0.39 is 5.41 Å². The SMILES string of the molecule is COc1ccc2c(c1)[C@]1(C[C@H]1c1ccc3c(C(C)=Cc4ccc(CN5CCOCC5)cc4)n[nH]c3c1)C(=O)N2. The van der Waals surface area contributed by atoms with Crippen LogP contribution in [0.15, 0.2) is 60.7 Å². The lowest BCUT2D eigenvalue weighted by Crippen LogP contribution is -2.35. The summed E-state index contributed by atoms with van der Waals surface area (Å²) >= 11 is 0. The number of H-pyrrole nitrogens is 1. The lowest BCUT2D eigenvalue weighted by Gasteiger charge is -2.26. The predicted molar refractivity (Wildman–Crippen MR) is 153 cm³/mol. The van der Waals surface area contributed by atoms with Crippen molar-refractivity contribution in [2.24, 2.45) is 0 Å². The Kier molecular flexibility index (Phi) is 5.79. The van der Waals surface area contributed by atoms with Crippen LogP contribution in [0.4, 0.5) is 5.69 Å². The number of fused-ring (bicyclic) bond motifs is 3. The molecular formula is C32H32N4O3. The van der Waals surface area contributed by atoms with Crippen LogP contribution >= 0.6 is 0 Å². The Balaban J connectivity index is 1.11. The normalized spacial score (nSPS) is 22.8. The zero-order chi connectivity index (χ0) is 26.6. The number of ether oxygens (including phenoxy) is 2. The zero-order valence-corrected chi connectivity index (χ0v) is 22.3. The summed E-state index contributed by atoms with van der Waals surface area (Å²) in [6.45, 7) is 6.69. The van der Waals surface area contributed by atoms with Crippen molar-refractivity contribution in [2.75, 3.05) is 38.7 Å². The van der Waals surface area contributed by atoms with E-state index in [0.717, 1.165) is 89.6 Å². The first-order valence-electron chi connectivity index (χ1n) is 13.6. The number of amides is 1. The highest BCUT2D eigenvalue weighted by atomic mass is 16.5. The number of morpholine rings is 1. The fraction of sp³-hybridized carbons (Fsp3) is 0.312. The molecule has 2 fully saturated rings. The first-order chi connectivity index (χ1) is 19.0. The lowest BCUT2D eigenvalue weighted by atomic mass is 9.91. The topological polar surface area (TPSA) is 79.5 Å². The summed E-state index contributed by atoms with van der Waals surface area (Å²) in [6, 6.07) is 21.1. The first kappa shape index (κ1) is 24.1. The van der Waals surface area contributed by atoms with Crippen LogP contribution in [0, 0.1) is 0 Å². The van der Waals surface area contributed by atoms with E-state index in [1.807, 2.05) is 18.2 Å². The van der Waals surface area contributed by atoms with Gasteiger partial charge < -0.3 is 14.8 Å². The molecule has 3 heterocycles. The number of methoxy groups -OCH3 is 1. The van der Waals surface area contributed by atoms with Crippen molar-refractivity contribution in [3.8, 4) is 5.75 Å². The maximum absolute atomic E-state index is 13.1. The van der Waals surface area contributed by atoms with Gasteiger partial charge in [-0.3, -0.25) is 14.8 Å². The molecule has 7 heteroatoms. The fourth-order valence-electron chi connectivity index (χ4n) is 6.31. The van der Waals surface area contributed by atoms with Crippen LogP contribution in [0.3, 0.4) is 0 Å². The highest BCUT2D eigenvalue weighted by Gasteiger charge is 2.65. The average Bonchev–Trinajstić information content (AvgIpc) is 3.48. The minimum atomic E-state index is -0.510. The third-order valence-electron chi connectivity index (χ3n) is 8.56. The summed E-state index contributed by atoms with van der Waals surface area (Å²) in [5.41, 5.74) is 8.10. The van der Waals surface area contributed by atoms with Gasteiger partial charge in [-0.05, 0) is 71.5 Å².